The third-order valence-corrected chi connectivity index (χ3v) is 4.85. The molecular weight excluding hydrogens is 262 g/mol. The zero-order chi connectivity index (χ0) is 13.8. The molecule has 1 aromatic heterocycles. The van der Waals surface area contributed by atoms with E-state index in [1.165, 1.54) is 16.9 Å². The van der Waals surface area contributed by atoms with Crippen molar-refractivity contribution in [1.29, 1.82) is 0 Å². The summed E-state index contributed by atoms with van der Waals surface area (Å²) in [5.41, 5.74) is 1.17. The van der Waals surface area contributed by atoms with Crippen LogP contribution in [0.1, 0.15) is 28.5 Å². The van der Waals surface area contributed by atoms with Crippen molar-refractivity contribution in [2.75, 3.05) is 6.61 Å². The zero-order valence-corrected chi connectivity index (χ0v) is 13.6. The number of esters is 1. The summed E-state index contributed by atoms with van der Waals surface area (Å²) >= 11 is 1.38. The molecule has 0 aliphatic carbocycles. The molecule has 1 heterocycles. The normalized spacial score (nSPS) is 11.2. The lowest BCUT2D eigenvalue weighted by atomic mass is 10.3. The average Bonchev–Trinajstić information content (AvgIpc) is 2.63. The number of allylic oxidation sites excluding steroid dienone is 1. The number of carbonyl (C=O) groups is 1. The first-order chi connectivity index (χ1) is 8.28. The maximum absolute atomic E-state index is 11.8. The highest BCUT2D eigenvalue weighted by molar-refractivity contribution is 7.14. The molecule has 0 amide bonds. The number of carbonyl (C=O) groups excluding carboxylic acids is 1. The minimum atomic E-state index is -1.14. The first-order valence-corrected chi connectivity index (χ1v) is 10.6. The Hall–Kier alpha value is -0.943. The van der Waals surface area contributed by atoms with Crippen LogP contribution < -0.4 is 0 Å². The van der Waals surface area contributed by atoms with Crippen molar-refractivity contribution in [3.63, 3.8) is 0 Å². The molecule has 0 unspecified atom stereocenters. The van der Waals surface area contributed by atoms with Crippen molar-refractivity contribution in [2.24, 2.45) is 0 Å². The van der Waals surface area contributed by atoms with Crippen LogP contribution in [0.25, 0.3) is 6.08 Å². The monoisotopic (exact) mass is 283 g/mol. The van der Waals surface area contributed by atoms with Crippen LogP contribution in [0.4, 0.5) is 0 Å². The summed E-state index contributed by atoms with van der Waals surface area (Å²) in [5.74, 6) is -0.251. The topological polar surface area (TPSA) is 39.2 Å². The van der Waals surface area contributed by atoms with Gasteiger partial charge in [-0.3, -0.25) is 0 Å². The van der Waals surface area contributed by atoms with Gasteiger partial charge in [-0.15, -0.1) is 11.3 Å². The molecule has 0 saturated carbocycles. The Bertz CT molecular complexity index is 442. The van der Waals surface area contributed by atoms with E-state index in [2.05, 4.69) is 24.6 Å². The first-order valence-electron chi connectivity index (χ1n) is 6.06. The quantitative estimate of drug-likeness (QED) is 0.604. The molecule has 0 spiro atoms. The maximum Gasteiger partial charge on any atom is 0.349 e. The summed E-state index contributed by atoms with van der Waals surface area (Å²) in [6.07, 6.45) is 3.56. The number of rotatable bonds is 5. The van der Waals surface area contributed by atoms with E-state index in [4.69, 9.17) is 4.74 Å². The van der Waals surface area contributed by atoms with Crippen LogP contribution in [-0.2, 0) is 4.74 Å². The molecule has 0 aliphatic heterocycles. The van der Waals surface area contributed by atoms with E-state index in [9.17, 15) is 4.79 Å². The minimum Gasteiger partial charge on any atom is -0.462 e. The van der Waals surface area contributed by atoms with Crippen molar-refractivity contribution in [2.45, 2.75) is 39.5 Å². The van der Waals surface area contributed by atoms with Crippen LogP contribution in [-0.4, -0.2) is 25.6 Å². The van der Waals surface area contributed by atoms with Crippen LogP contribution in [0.5, 0.6) is 0 Å². The van der Waals surface area contributed by atoms with Crippen molar-refractivity contribution in [3.8, 4) is 0 Å². The van der Waals surface area contributed by atoms with Crippen molar-refractivity contribution < 1.29 is 9.53 Å². The highest BCUT2D eigenvalue weighted by Crippen LogP contribution is 2.17. The van der Waals surface area contributed by atoms with Gasteiger partial charge in [-0.1, -0.05) is 25.2 Å². The van der Waals surface area contributed by atoms with Gasteiger partial charge in [-0.2, -0.15) is 0 Å². The summed E-state index contributed by atoms with van der Waals surface area (Å²) in [5, 5.41) is 0.854. The number of nitrogens with zero attached hydrogens (tertiary/aromatic N) is 1. The largest absolute Gasteiger partial charge is 0.462 e. The Morgan fingerprint density at radius 3 is 2.67 bits per heavy atom. The van der Waals surface area contributed by atoms with Crippen LogP contribution in [0.2, 0.25) is 25.7 Å². The van der Waals surface area contributed by atoms with Gasteiger partial charge >= 0.3 is 5.97 Å². The fourth-order valence-corrected chi connectivity index (χ4v) is 2.80. The molecular formula is C13H21NO2SSi. The molecule has 18 heavy (non-hydrogen) atoms. The van der Waals surface area contributed by atoms with E-state index in [0.29, 0.717) is 11.5 Å². The Kier molecular flexibility index (Phi) is 5.28. The zero-order valence-electron chi connectivity index (χ0n) is 11.7. The molecule has 0 saturated heterocycles. The molecule has 1 aromatic rings. The van der Waals surface area contributed by atoms with E-state index in [1.807, 2.05) is 19.9 Å². The molecule has 5 heteroatoms. The van der Waals surface area contributed by atoms with Crippen LogP contribution in [0.15, 0.2) is 11.8 Å². The molecule has 1 rings (SSSR count). The number of thiazole rings is 1. The summed E-state index contributed by atoms with van der Waals surface area (Å²) in [7, 11) is -1.14. The molecule has 3 nitrogen and oxygen atoms in total. The van der Waals surface area contributed by atoms with E-state index < -0.39 is 8.07 Å². The van der Waals surface area contributed by atoms with E-state index in [-0.39, 0.29) is 5.97 Å². The fraction of sp³-hybridized carbons (Fsp3) is 0.538. The molecule has 0 N–H and O–H groups in total. The first kappa shape index (κ1) is 15.1. The van der Waals surface area contributed by atoms with Gasteiger partial charge < -0.3 is 4.74 Å². The molecule has 0 aromatic carbocycles. The standard InChI is InChI=1S/C13H21NO2SSi/c1-10(2)8-12-14-9-11(17-12)13(15)16-6-7-18(3,4)5/h8-9H,6-7H2,1-5H3. The highest BCUT2D eigenvalue weighted by atomic mass is 32.1. The van der Waals surface area contributed by atoms with Crippen molar-refractivity contribution in [3.05, 3.63) is 21.7 Å². The highest BCUT2D eigenvalue weighted by Gasteiger charge is 2.15. The SMILES string of the molecule is CC(C)=Cc1ncc(C(=O)OCC[Si](C)(C)C)s1. The second kappa shape index (κ2) is 6.29. The van der Waals surface area contributed by atoms with Gasteiger partial charge in [0.25, 0.3) is 0 Å². The van der Waals surface area contributed by atoms with E-state index >= 15 is 0 Å². The Morgan fingerprint density at radius 2 is 2.11 bits per heavy atom. The second-order valence-corrected chi connectivity index (χ2v) is 12.4. The van der Waals surface area contributed by atoms with E-state index in [1.54, 1.807) is 6.20 Å². The van der Waals surface area contributed by atoms with Gasteiger partial charge in [0.05, 0.1) is 12.8 Å². The number of ether oxygens (including phenoxy) is 1. The predicted octanol–water partition coefficient (Wildman–Crippen LogP) is 4.06. The third-order valence-electron chi connectivity index (χ3n) is 2.22. The summed E-state index contributed by atoms with van der Waals surface area (Å²) in [6, 6.07) is 0.998. The van der Waals surface area contributed by atoms with Gasteiger partial charge in [0.15, 0.2) is 0 Å². The van der Waals surface area contributed by atoms with Crippen molar-refractivity contribution >= 4 is 31.5 Å². The molecule has 0 bridgehead atoms. The summed E-state index contributed by atoms with van der Waals surface area (Å²) in [6.45, 7) is 11.3. The van der Waals surface area contributed by atoms with Gasteiger partial charge in [0, 0.05) is 8.07 Å². The lowest BCUT2D eigenvalue weighted by molar-refractivity contribution is 0.0530. The Morgan fingerprint density at radius 1 is 1.44 bits per heavy atom. The average molecular weight is 283 g/mol. The predicted molar refractivity (Wildman–Crippen MR) is 79.9 cm³/mol. The second-order valence-electron chi connectivity index (χ2n) is 5.73. The van der Waals surface area contributed by atoms with Crippen LogP contribution in [0, 0.1) is 0 Å². The molecule has 0 fully saturated rings. The van der Waals surface area contributed by atoms with Crippen LogP contribution >= 0.6 is 11.3 Å². The van der Waals surface area contributed by atoms with Gasteiger partial charge in [-0.05, 0) is 26.0 Å². The fourth-order valence-electron chi connectivity index (χ4n) is 1.22. The van der Waals surface area contributed by atoms with Crippen LogP contribution in [0.3, 0.4) is 0 Å². The number of aromatic nitrogens is 1. The molecule has 0 radical (unpaired) electrons. The van der Waals surface area contributed by atoms with Gasteiger partial charge in [0.2, 0.25) is 0 Å². The Labute approximate surface area is 114 Å². The van der Waals surface area contributed by atoms with Crippen molar-refractivity contribution in [1.82, 2.24) is 4.98 Å². The maximum atomic E-state index is 11.8. The molecule has 0 atom stereocenters. The smallest absolute Gasteiger partial charge is 0.349 e. The minimum absolute atomic E-state index is 0.251. The molecule has 0 aliphatic rings. The van der Waals surface area contributed by atoms with E-state index in [0.717, 1.165) is 11.1 Å². The Balaban J connectivity index is 2.52. The number of hydrogen-bond acceptors (Lipinski definition) is 4. The van der Waals surface area contributed by atoms with Gasteiger partial charge in [0.1, 0.15) is 9.88 Å². The summed E-state index contributed by atoms with van der Waals surface area (Å²) in [4.78, 5) is 16.5. The summed E-state index contributed by atoms with van der Waals surface area (Å²) < 4.78 is 5.27. The lowest BCUT2D eigenvalue weighted by Gasteiger charge is -2.14. The number of hydrogen-bond donors (Lipinski definition) is 0. The third kappa shape index (κ3) is 5.60. The lowest BCUT2D eigenvalue weighted by Crippen LogP contribution is -2.22. The van der Waals surface area contributed by atoms with Gasteiger partial charge in [-0.25, -0.2) is 9.78 Å². The molecule has 100 valence electrons.